The molecule has 0 amide bonds. The highest BCUT2D eigenvalue weighted by molar-refractivity contribution is 6.46. The van der Waals surface area contributed by atoms with E-state index >= 15 is 0 Å². The van der Waals surface area contributed by atoms with Crippen LogP contribution in [0.15, 0.2) is 76.4 Å². The van der Waals surface area contributed by atoms with Gasteiger partial charge in [-0.15, -0.1) is 0 Å². The largest absolute Gasteiger partial charge is 0.393 e. The molecule has 8 heteroatoms. The molecule has 6 rings (SSSR count). The summed E-state index contributed by atoms with van der Waals surface area (Å²) in [6, 6.07) is 16.3. The Morgan fingerprint density at radius 2 is 1.59 bits per heavy atom. The van der Waals surface area contributed by atoms with Crippen LogP contribution >= 0.6 is 0 Å². The average molecular weight is 528 g/mol. The number of para-hydroxylation sites is 1. The number of hydrazone groups is 2. The topological polar surface area (TPSA) is 112 Å². The number of non-ortho nitro benzene ring substituents is 1. The van der Waals surface area contributed by atoms with Gasteiger partial charge in [-0.05, 0) is 92.4 Å². The van der Waals surface area contributed by atoms with Crippen molar-refractivity contribution in [1.29, 1.82) is 0 Å². The van der Waals surface area contributed by atoms with Crippen molar-refractivity contribution in [2.45, 2.75) is 64.9 Å². The van der Waals surface area contributed by atoms with Gasteiger partial charge < -0.3 is 5.11 Å². The third kappa shape index (κ3) is 4.54. The van der Waals surface area contributed by atoms with Crippen LogP contribution < -0.4 is 10.9 Å². The van der Waals surface area contributed by atoms with Gasteiger partial charge >= 0.3 is 0 Å². The zero-order valence-electron chi connectivity index (χ0n) is 22.6. The number of nitro benzene ring substituents is 1. The molecule has 0 aliphatic heterocycles. The number of benzene rings is 2. The maximum absolute atomic E-state index is 11.1. The molecule has 0 heterocycles. The van der Waals surface area contributed by atoms with Gasteiger partial charge in [0.1, 0.15) is 0 Å². The Hall–Kier alpha value is -3.52. The molecule has 39 heavy (non-hydrogen) atoms. The van der Waals surface area contributed by atoms with E-state index in [-0.39, 0.29) is 22.6 Å². The molecular formula is C31H37N5O3. The van der Waals surface area contributed by atoms with Crippen LogP contribution in [0.3, 0.4) is 0 Å². The Labute approximate surface area is 229 Å². The van der Waals surface area contributed by atoms with E-state index < -0.39 is 4.92 Å². The first-order chi connectivity index (χ1) is 18.8. The summed E-state index contributed by atoms with van der Waals surface area (Å²) in [6.45, 7) is 4.80. The minimum absolute atomic E-state index is 0.0569. The van der Waals surface area contributed by atoms with Gasteiger partial charge in [0.05, 0.1) is 33.8 Å². The standard InChI is InChI=1S/C31H37N5O3/c1-30-16-14-24(37)18-20(30)8-13-25-26(30)15-17-31(2)27(25)19-28(29(31)35-33-21-6-4-3-5-7-21)34-32-22-9-11-23(12-10-22)36(38)39/h3-12,24-27,32-33,37H,13-19H2,1-2H3/b34-28+,35-29-/t24-,25+,26-,27?,30-,31-/m0/s1. The van der Waals surface area contributed by atoms with E-state index in [2.05, 4.69) is 30.8 Å². The van der Waals surface area contributed by atoms with Gasteiger partial charge in [-0.1, -0.05) is 43.7 Å². The Morgan fingerprint density at radius 3 is 2.33 bits per heavy atom. The molecule has 2 aromatic carbocycles. The van der Waals surface area contributed by atoms with E-state index in [1.807, 2.05) is 30.3 Å². The maximum Gasteiger partial charge on any atom is 0.269 e. The summed E-state index contributed by atoms with van der Waals surface area (Å²) in [5, 5.41) is 31.2. The third-order valence-corrected chi connectivity index (χ3v) is 10.2. The van der Waals surface area contributed by atoms with E-state index in [0.29, 0.717) is 23.4 Å². The predicted molar refractivity (Wildman–Crippen MR) is 155 cm³/mol. The fourth-order valence-corrected chi connectivity index (χ4v) is 7.98. The van der Waals surface area contributed by atoms with Crippen molar-refractivity contribution < 1.29 is 10.0 Å². The SMILES string of the molecule is C[C@]12CC[C@H](O)CC1=CC[C@H]1C3CC(=N\Nc4ccc([N+](=O)[O-])cc4)/C(=N/Nc4ccccc4)[C@@]3(C)CC[C@@H]12. The minimum atomic E-state index is -0.397. The number of allylic oxidation sites excluding steroid dienone is 1. The van der Waals surface area contributed by atoms with Gasteiger partial charge in [0.25, 0.3) is 5.69 Å². The summed E-state index contributed by atoms with van der Waals surface area (Å²) in [7, 11) is 0. The summed E-state index contributed by atoms with van der Waals surface area (Å²) in [5.74, 6) is 1.57. The lowest BCUT2D eigenvalue weighted by molar-refractivity contribution is -0.384. The molecule has 3 N–H and O–H groups in total. The molecule has 0 saturated heterocycles. The van der Waals surface area contributed by atoms with Gasteiger partial charge in [0, 0.05) is 17.5 Å². The van der Waals surface area contributed by atoms with Crippen molar-refractivity contribution in [2.75, 3.05) is 10.9 Å². The number of aliphatic hydroxyl groups is 1. The molecule has 2 aromatic rings. The number of nitro groups is 1. The summed E-state index contributed by atoms with van der Waals surface area (Å²) in [4.78, 5) is 10.7. The van der Waals surface area contributed by atoms with Crippen LogP contribution in [0.1, 0.15) is 58.8 Å². The molecule has 0 aromatic heterocycles. The van der Waals surface area contributed by atoms with Gasteiger partial charge in [-0.25, -0.2) is 0 Å². The van der Waals surface area contributed by atoms with E-state index in [4.69, 9.17) is 10.2 Å². The number of hydrogen-bond acceptors (Lipinski definition) is 7. The van der Waals surface area contributed by atoms with Crippen LogP contribution in [0.2, 0.25) is 0 Å². The monoisotopic (exact) mass is 527 g/mol. The number of nitrogens with one attached hydrogen (secondary N) is 2. The second-order valence-electron chi connectivity index (χ2n) is 12.2. The molecule has 0 spiro atoms. The normalized spacial score (nSPS) is 35.5. The van der Waals surface area contributed by atoms with Crippen molar-refractivity contribution in [2.24, 2.45) is 38.8 Å². The van der Waals surface area contributed by atoms with Crippen molar-refractivity contribution in [3.63, 3.8) is 0 Å². The molecule has 3 saturated carbocycles. The van der Waals surface area contributed by atoms with Crippen LogP contribution in [0.4, 0.5) is 17.1 Å². The van der Waals surface area contributed by atoms with Crippen LogP contribution in [0.5, 0.6) is 0 Å². The zero-order valence-corrected chi connectivity index (χ0v) is 22.6. The molecule has 8 nitrogen and oxygen atoms in total. The van der Waals surface area contributed by atoms with E-state index in [1.165, 1.54) is 17.7 Å². The van der Waals surface area contributed by atoms with E-state index in [0.717, 1.165) is 62.1 Å². The molecular weight excluding hydrogens is 490 g/mol. The van der Waals surface area contributed by atoms with Crippen LogP contribution in [0, 0.1) is 38.7 Å². The Bertz CT molecular complexity index is 1340. The smallest absolute Gasteiger partial charge is 0.269 e. The maximum atomic E-state index is 11.1. The lowest BCUT2D eigenvalue weighted by atomic mass is 9.48. The van der Waals surface area contributed by atoms with Gasteiger partial charge in [-0.2, -0.15) is 10.2 Å². The summed E-state index contributed by atoms with van der Waals surface area (Å²) in [6.07, 6.45) is 9.10. The molecule has 0 radical (unpaired) electrons. The van der Waals surface area contributed by atoms with Gasteiger partial charge in [-0.3, -0.25) is 21.0 Å². The second kappa shape index (κ2) is 9.90. The molecule has 204 valence electrons. The second-order valence-corrected chi connectivity index (χ2v) is 12.2. The van der Waals surface area contributed by atoms with E-state index in [1.54, 1.807) is 12.1 Å². The fraction of sp³-hybridized carbons (Fsp3) is 0.484. The average Bonchev–Trinajstić information content (AvgIpc) is 3.23. The minimum Gasteiger partial charge on any atom is -0.393 e. The molecule has 6 atom stereocenters. The van der Waals surface area contributed by atoms with Crippen LogP contribution in [-0.4, -0.2) is 27.6 Å². The van der Waals surface area contributed by atoms with Crippen molar-refractivity contribution in [3.05, 3.63) is 76.4 Å². The summed E-state index contributed by atoms with van der Waals surface area (Å²) >= 11 is 0. The Kier molecular flexibility index (Phi) is 6.53. The molecule has 3 fully saturated rings. The summed E-state index contributed by atoms with van der Waals surface area (Å²) in [5.41, 5.74) is 11.6. The van der Waals surface area contributed by atoms with Crippen LogP contribution in [0.25, 0.3) is 0 Å². The lowest BCUT2D eigenvalue weighted by Crippen LogP contribution is -2.50. The van der Waals surface area contributed by atoms with Crippen LogP contribution in [-0.2, 0) is 0 Å². The highest BCUT2D eigenvalue weighted by Crippen LogP contribution is 2.63. The number of anilines is 2. The number of hydrogen-bond donors (Lipinski definition) is 3. The van der Waals surface area contributed by atoms with Gasteiger partial charge in [0.15, 0.2) is 0 Å². The lowest BCUT2D eigenvalue weighted by Gasteiger charge is -2.56. The van der Waals surface area contributed by atoms with Crippen molar-refractivity contribution in [3.8, 4) is 0 Å². The third-order valence-electron chi connectivity index (χ3n) is 10.2. The quantitative estimate of drug-likeness (QED) is 0.226. The zero-order chi connectivity index (χ0) is 27.2. The fourth-order valence-electron chi connectivity index (χ4n) is 7.98. The predicted octanol–water partition coefficient (Wildman–Crippen LogP) is 6.76. The van der Waals surface area contributed by atoms with Crippen molar-refractivity contribution in [1.82, 2.24) is 0 Å². The first-order valence-corrected chi connectivity index (χ1v) is 14.1. The molecule has 0 bridgehead atoms. The highest BCUT2D eigenvalue weighted by atomic mass is 16.6. The van der Waals surface area contributed by atoms with E-state index in [9.17, 15) is 15.2 Å². The first-order valence-electron chi connectivity index (χ1n) is 14.1. The van der Waals surface area contributed by atoms with Crippen molar-refractivity contribution >= 4 is 28.5 Å². The number of rotatable bonds is 5. The number of aliphatic hydroxyl groups excluding tert-OH is 1. The number of fused-ring (bicyclic) bond motifs is 5. The molecule has 4 aliphatic carbocycles. The van der Waals surface area contributed by atoms with Gasteiger partial charge in [0.2, 0.25) is 0 Å². The molecule has 4 aliphatic rings. The Morgan fingerprint density at radius 1 is 0.897 bits per heavy atom. The Balaban J connectivity index is 1.33. The summed E-state index contributed by atoms with van der Waals surface area (Å²) < 4.78 is 0. The first kappa shape index (κ1) is 25.7. The number of nitrogens with zero attached hydrogens (tertiary/aromatic N) is 3. The molecule has 1 unspecified atom stereocenters. The highest BCUT2D eigenvalue weighted by Gasteiger charge is 2.59.